The molecule has 0 bridgehead atoms. The zero-order valence-corrected chi connectivity index (χ0v) is 14.6. The Kier molecular flexibility index (Phi) is 14.5. The van der Waals surface area contributed by atoms with Crippen molar-refractivity contribution in [2.24, 2.45) is 5.92 Å². The Morgan fingerprint density at radius 1 is 1.00 bits per heavy atom. The maximum atomic E-state index is 11.8. The summed E-state index contributed by atoms with van der Waals surface area (Å²) >= 11 is 0. The van der Waals surface area contributed by atoms with Crippen molar-refractivity contribution in [2.75, 3.05) is 19.6 Å². The first kappa shape index (κ1) is 20.7. The molecule has 21 heavy (non-hydrogen) atoms. The zero-order chi connectivity index (χ0) is 14.5. The molecule has 126 valence electrons. The summed E-state index contributed by atoms with van der Waals surface area (Å²) in [5.41, 5.74) is 0. The first-order valence-electron chi connectivity index (χ1n) is 8.83. The van der Waals surface area contributed by atoms with Gasteiger partial charge < -0.3 is 10.6 Å². The predicted octanol–water partition coefficient (Wildman–Crippen LogP) is 4.05. The van der Waals surface area contributed by atoms with Gasteiger partial charge in [-0.1, -0.05) is 64.7 Å². The van der Waals surface area contributed by atoms with Crippen LogP contribution in [0.4, 0.5) is 0 Å². The molecule has 0 aromatic carbocycles. The lowest BCUT2D eigenvalue weighted by Gasteiger charge is -2.09. The molecule has 3 nitrogen and oxygen atoms in total. The highest BCUT2D eigenvalue weighted by Crippen LogP contribution is 2.10. The number of carbonyl (C=O) groups excluding carboxylic acids is 1. The Balaban J connectivity index is 0.00000400. The lowest BCUT2D eigenvalue weighted by atomic mass is 10.1. The quantitative estimate of drug-likeness (QED) is 0.533. The normalized spacial score (nSPS) is 17.5. The summed E-state index contributed by atoms with van der Waals surface area (Å²) in [6.07, 6.45) is 14.5. The first-order chi connectivity index (χ1) is 9.84. The van der Waals surface area contributed by atoms with Crippen LogP contribution < -0.4 is 10.6 Å². The molecule has 2 N–H and O–H groups in total. The van der Waals surface area contributed by atoms with Gasteiger partial charge in [-0.3, -0.25) is 4.79 Å². The highest BCUT2D eigenvalue weighted by molar-refractivity contribution is 5.85. The Labute approximate surface area is 137 Å². The molecule has 0 aliphatic carbocycles. The number of halogens is 1. The van der Waals surface area contributed by atoms with Crippen LogP contribution in [0.3, 0.4) is 0 Å². The fourth-order valence-electron chi connectivity index (χ4n) is 2.85. The third kappa shape index (κ3) is 11.0. The van der Waals surface area contributed by atoms with Gasteiger partial charge in [0.2, 0.25) is 5.91 Å². The molecule has 4 heteroatoms. The Hall–Kier alpha value is -0.280. The van der Waals surface area contributed by atoms with Crippen LogP contribution in [0.1, 0.15) is 77.6 Å². The molecule has 1 amide bonds. The highest BCUT2D eigenvalue weighted by atomic mass is 35.5. The van der Waals surface area contributed by atoms with Gasteiger partial charge in [-0.2, -0.15) is 0 Å². The van der Waals surface area contributed by atoms with Crippen molar-refractivity contribution in [3.05, 3.63) is 0 Å². The molecule has 0 aromatic rings. The summed E-state index contributed by atoms with van der Waals surface area (Å²) in [5, 5.41) is 6.31. The minimum atomic E-state index is 0. The molecule has 1 aliphatic rings. The van der Waals surface area contributed by atoms with Crippen molar-refractivity contribution in [3.8, 4) is 0 Å². The van der Waals surface area contributed by atoms with Crippen LogP contribution in [0, 0.1) is 5.92 Å². The van der Waals surface area contributed by atoms with E-state index in [1.807, 2.05) is 0 Å². The summed E-state index contributed by atoms with van der Waals surface area (Å²) in [4.78, 5) is 11.8. The SMILES string of the molecule is CCCCCCCCCCCCNC(=O)[C@H]1CCNC1.Cl. The molecule has 1 rings (SSSR count). The number of unbranched alkanes of at least 4 members (excludes halogenated alkanes) is 9. The molecular weight excluding hydrogens is 284 g/mol. The third-order valence-electron chi connectivity index (χ3n) is 4.26. The standard InChI is InChI=1S/C17H34N2O.ClH/c1-2-3-4-5-6-7-8-9-10-11-13-19-17(20)16-12-14-18-15-16;/h16,18H,2-15H2,1H3,(H,19,20);1H/t16-;/m0./s1. The number of hydrogen-bond donors (Lipinski definition) is 2. The molecule has 0 unspecified atom stereocenters. The van der Waals surface area contributed by atoms with Crippen LogP contribution in [0.25, 0.3) is 0 Å². The summed E-state index contributed by atoms with van der Waals surface area (Å²) in [6, 6.07) is 0. The fraction of sp³-hybridized carbons (Fsp3) is 0.941. The zero-order valence-electron chi connectivity index (χ0n) is 13.8. The van der Waals surface area contributed by atoms with Crippen LogP contribution in [0.5, 0.6) is 0 Å². The maximum Gasteiger partial charge on any atom is 0.224 e. The minimum Gasteiger partial charge on any atom is -0.356 e. The topological polar surface area (TPSA) is 41.1 Å². The summed E-state index contributed by atoms with van der Waals surface area (Å²) in [5.74, 6) is 0.476. The van der Waals surface area contributed by atoms with E-state index in [2.05, 4.69) is 17.6 Å². The Bertz CT molecular complexity index is 243. The molecule has 0 saturated carbocycles. The molecule has 1 atom stereocenters. The van der Waals surface area contributed by atoms with E-state index in [0.717, 1.165) is 32.5 Å². The fourth-order valence-corrected chi connectivity index (χ4v) is 2.85. The van der Waals surface area contributed by atoms with Gasteiger partial charge in [-0.25, -0.2) is 0 Å². The molecule has 1 heterocycles. The number of rotatable bonds is 12. The summed E-state index contributed by atoms with van der Waals surface area (Å²) < 4.78 is 0. The van der Waals surface area contributed by atoms with Gasteiger partial charge in [0.05, 0.1) is 5.92 Å². The van der Waals surface area contributed by atoms with Crippen molar-refractivity contribution >= 4 is 18.3 Å². The first-order valence-corrected chi connectivity index (χ1v) is 8.83. The third-order valence-corrected chi connectivity index (χ3v) is 4.26. The second-order valence-electron chi connectivity index (χ2n) is 6.16. The lowest BCUT2D eigenvalue weighted by Crippen LogP contribution is -2.32. The molecule has 0 radical (unpaired) electrons. The van der Waals surface area contributed by atoms with Gasteiger partial charge in [0.1, 0.15) is 0 Å². The Morgan fingerprint density at radius 2 is 1.57 bits per heavy atom. The van der Waals surface area contributed by atoms with Crippen LogP contribution in [-0.2, 0) is 4.79 Å². The van der Waals surface area contributed by atoms with Crippen molar-refractivity contribution in [1.29, 1.82) is 0 Å². The Morgan fingerprint density at radius 3 is 2.10 bits per heavy atom. The maximum absolute atomic E-state index is 11.8. The molecule has 1 aliphatic heterocycles. The number of nitrogens with one attached hydrogen (secondary N) is 2. The average Bonchev–Trinajstić information content (AvgIpc) is 2.99. The van der Waals surface area contributed by atoms with Crippen LogP contribution in [0.2, 0.25) is 0 Å². The monoisotopic (exact) mass is 318 g/mol. The van der Waals surface area contributed by atoms with Gasteiger partial charge in [0.15, 0.2) is 0 Å². The summed E-state index contributed by atoms with van der Waals surface area (Å²) in [6.45, 7) is 4.99. The molecule has 0 aromatic heterocycles. The summed E-state index contributed by atoms with van der Waals surface area (Å²) in [7, 11) is 0. The average molecular weight is 319 g/mol. The van der Waals surface area contributed by atoms with Gasteiger partial charge in [0.25, 0.3) is 0 Å². The van der Waals surface area contributed by atoms with E-state index in [1.165, 1.54) is 57.8 Å². The van der Waals surface area contributed by atoms with E-state index in [1.54, 1.807) is 0 Å². The van der Waals surface area contributed by atoms with Crippen molar-refractivity contribution in [2.45, 2.75) is 77.6 Å². The van der Waals surface area contributed by atoms with E-state index in [-0.39, 0.29) is 24.2 Å². The lowest BCUT2D eigenvalue weighted by molar-refractivity contribution is -0.124. The smallest absolute Gasteiger partial charge is 0.224 e. The van der Waals surface area contributed by atoms with Crippen LogP contribution >= 0.6 is 12.4 Å². The van der Waals surface area contributed by atoms with Crippen LogP contribution in [-0.4, -0.2) is 25.5 Å². The van der Waals surface area contributed by atoms with Gasteiger partial charge >= 0.3 is 0 Å². The van der Waals surface area contributed by atoms with Crippen molar-refractivity contribution in [1.82, 2.24) is 10.6 Å². The molecular formula is C17H35ClN2O. The van der Waals surface area contributed by atoms with Crippen molar-refractivity contribution in [3.63, 3.8) is 0 Å². The molecule has 1 fully saturated rings. The van der Waals surface area contributed by atoms with E-state index in [4.69, 9.17) is 0 Å². The van der Waals surface area contributed by atoms with Gasteiger partial charge in [0, 0.05) is 13.1 Å². The van der Waals surface area contributed by atoms with Crippen LogP contribution in [0.15, 0.2) is 0 Å². The number of carbonyl (C=O) groups is 1. The minimum absolute atomic E-state index is 0. The van der Waals surface area contributed by atoms with Gasteiger partial charge in [-0.15, -0.1) is 12.4 Å². The van der Waals surface area contributed by atoms with Crippen molar-refractivity contribution < 1.29 is 4.79 Å². The van der Waals surface area contributed by atoms with E-state index >= 15 is 0 Å². The largest absolute Gasteiger partial charge is 0.356 e. The highest BCUT2D eigenvalue weighted by Gasteiger charge is 2.21. The number of hydrogen-bond acceptors (Lipinski definition) is 2. The van der Waals surface area contributed by atoms with Gasteiger partial charge in [-0.05, 0) is 19.4 Å². The number of amides is 1. The predicted molar refractivity (Wildman–Crippen MR) is 93.1 cm³/mol. The van der Waals surface area contributed by atoms with E-state index < -0.39 is 0 Å². The van der Waals surface area contributed by atoms with E-state index in [9.17, 15) is 4.79 Å². The molecule has 0 spiro atoms. The second kappa shape index (κ2) is 14.6. The molecule has 1 saturated heterocycles. The van der Waals surface area contributed by atoms with E-state index in [0.29, 0.717) is 0 Å². The second-order valence-corrected chi connectivity index (χ2v) is 6.16.